The summed E-state index contributed by atoms with van der Waals surface area (Å²) in [6.45, 7) is 6.19. The minimum Gasteiger partial charge on any atom is -0.488 e. The maximum Gasteiger partial charge on any atom is 0.340 e. The van der Waals surface area contributed by atoms with Crippen LogP contribution in [0.4, 0.5) is 10.1 Å². The number of rotatable bonds is 7. The highest BCUT2D eigenvalue weighted by atomic mass is 19.1. The molecule has 1 rings (SSSR count). The molecule has 0 fully saturated rings. The van der Waals surface area contributed by atoms with Gasteiger partial charge in [-0.25, -0.2) is 9.18 Å². The number of carbonyl (C=O) groups excluding carboxylic acids is 1. The van der Waals surface area contributed by atoms with Gasteiger partial charge in [0.25, 0.3) is 0 Å². The molecule has 0 spiro atoms. The Morgan fingerprint density at radius 2 is 2.05 bits per heavy atom. The van der Waals surface area contributed by atoms with Gasteiger partial charge in [-0.2, -0.15) is 0 Å². The normalized spacial score (nSPS) is 10.7. The molecule has 1 aromatic carbocycles. The summed E-state index contributed by atoms with van der Waals surface area (Å²) in [4.78, 5) is 11.6. The molecule has 5 nitrogen and oxygen atoms in total. The number of nitrogen functional groups attached to an aromatic ring is 1. The lowest BCUT2D eigenvalue weighted by atomic mass is 10.1. The van der Waals surface area contributed by atoms with E-state index in [9.17, 15) is 9.18 Å². The third-order valence-corrected chi connectivity index (χ3v) is 2.39. The van der Waals surface area contributed by atoms with Gasteiger partial charge >= 0.3 is 5.97 Å². The van der Waals surface area contributed by atoms with E-state index in [0.29, 0.717) is 6.61 Å². The second-order valence-corrected chi connectivity index (χ2v) is 4.36. The lowest BCUT2D eigenvalue weighted by Crippen LogP contribution is -2.13. The Balaban J connectivity index is 2.75. The highest BCUT2D eigenvalue weighted by molar-refractivity contribution is 5.95. The van der Waals surface area contributed by atoms with E-state index in [4.69, 9.17) is 19.9 Å². The molecule has 0 aliphatic rings. The third kappa shape index (κ3) is 4.70. The van der Waals surface area contributed by atoms with Crippen molar-refractivity contribution in [2.75, 3.05) is 25.6 Å². The van der Waals surface area contributed by atoms with E-state index in [1.807, 2.05) is 13.8 Å². The third-order valence-electron chi connectivity index (χ3n) is 2.39. The van der Waals surface area contributed by atoms with Crippen LogP contribution in [0.5, 0.6) is 5.75 Å². The monoisotopic (exact) mass is 285 g/mol. The van der Waals surface area contributed by atoms with Gasteiger partial charge in [0, 0.05) is 11.8 Å². The van der Waals surface area contributed by atoms with Crippen LogP contribution in [0.3, 0.4) is 0 Å². The van der Waals surface area contributed by atoms with Gasteiger partial charge < -0.3 is 19.9 Å². The number of nitrogens with two attached hydrogens (primary N) is 1. The molecule has 0 unspecified atom stereocenters. The summed E-state index contributed by atoms with van der Waals surface area (Å²) in [6.07, 6.45) is 0.0740. The van der Waals surface area contributed by atoms with E-state index in [1.54, 1.807) is 6.92 Å². The van der Waals surface area contributed by atoms with Crippen molar-refractivity contribution in [2.24, 2.45) is 0 Å². The molecule has 0 heterocycles. The van der Waals surface area contributed by atoms with Crippen molar-refractivity contribution in [3.8, 4) is 5.75 Å². The van der Waals surface area contributed by atoms with Gasteiger partial charge in [-0.1, -0.05) is 0 Å². The number of hydrogen-bond acceptors (Lipinski definition) is 5. The maximum atomic E-state index is 13.7. The summed E-state index contributed by atoms with van der Waals surface area (Å²) in [5.74, 6) is -1.28. The first-order valence-electron chi connectivity index (χ1n) is 6.46. The second kappa shape index (κ2) is 7.69. The molecule has 0 aliphatic heterocycles. The number of ether oxygens (including phenoxy) is 3. The molecule has 112 valence electrons. The fraction of sp³-hybridized carbons (Fsp3) is 0.500. The first-order chi connectivity index (χ1) is 9.45. The van der Waals surface area contributed by atoms with Gasteiger partial charge in [-0.05, 0) is 26.8 Å². The van der Waals surface area contributed by atoms with Crippen molar-refractivity contribution in [1.29, 1.82) is 0 Å². The van der Waals surface area contributed by atoms with E-state index in [0.717, 1.165) is 6.07 Å². The van der Waals surface area contributed by atoms with Crippen molar-refractivity contribution in [3.63, 3.8) is 0 Å². The summed E-state index contributed by atoms with van der Waals surface area (Å²) in [5.41, 5.74) is 5.71. The lowest BCUT2D eigenvalue weighted by Gasteiger charge is -2.12. The number of halogens is 1. The summed E-state index contributed by atoms with van der Waals surface area (Å²) >= 11 is 0. The fourth-order valence-electron chi connectivity index (χ4n) is 1.50. The molecule has 0 aliphatic carbocycles. The Morgan fingerprint density at radius 3 is 2.65 bits per heavy atom. The topological polar surface area (TPSA) is 70.8 Å². The van der Waals surface area contributed by atoms with E-state index >= 15 is 0 Å². The van der Waals surface area contributed by atoms with Crippen molar-refractivity contribution < 1.29 is 23.4 Å². The SMILES string of the molecule is CCOC(=O)c1cc(OCCOC(C)C)c(F)cc1N. The highest BCUT2D eigenvalue weighted by Crippen LogP contribution is 2.25. The molecule has 0 bridgehead atoms. The zero-order valence-corrected chi connectivity index (χ0v) is 11.9. The van der Waals surface area contributed by atoms with Crippen LogP contribution in [0, 0.1) is 5.82 Å². The van der Waals surface area contributed by atoms with Crippen LogP contribution in [0.15, 0.2) is 12.1 Å². The molecule has 1 aromatic rings. The smallest absolute Gasteiger partial charge is 0.340 e. The van der Waals surface area contributed by atoms with Crippen LogP contribution in [0.25, 0.3) is 0 Å². The van der Waals surface area contributed by atoms with Gasteiger partial charge in [0.05, 0.1) is 24.9 Å². The molecule has 0 saturated heterocycles. The van der Waals surface area contributed by atoms with Crippen LogP contribution < -0.4 is 10.5 Å². The quantitative estimate of drug-likeness (QED) is 0.473. The standard InChI is InChI=1S/C14H20FNO4/c1-4-18-14(17)10-7-13(11(15)8-12(10)16)20-6-5-19-9(2)3/h7-9H,4-6,16H2,1-3H3. The lowest BCUT2D eigenvalue weighted by molar-refractivity contribution is 0.0522. The molecule has 20 heavy (non-hydrogen) atoms. The average molecular weight is 285 g/mol. The second-order valence-electron chi connectivity index (χ2n) is 4.36. The molecule has 0 aromatic heterocycles. The van der Waals surface area contributed by atoms with Crippen LogP contribution >= 0.6 is 0 Å². The van der Waals surface area contributed by atoms with Gasteiger partial charge in [0.15, 0.2) is 11.6 Å². The van der Waals surface area contributed by atoms with Crippen molar-refractivity contribution in [1.82, 2.24) is 0 Å². The number of hydrogen-bond donors (Lipinski definition) is 1. The molecule has 0 amide bonds. The maximum absolute atomic E-state index is 13.7. The summed E-state index contributed by atoms with van der Waals surface area (Å²) < 4.78 is 29.0. The molecular weight excluding hydrogens is 265 g/mol. The Hall–Kier alpha value is -1.82. The number of anilines is 1. The first-order valence-corrected chi connectivity index (χ1v) is 6.46. The number of esters is 1. The average Bonchev–Trinajstić information content (AvgIpc) is 2.36. The predicted octanol–water partition coefficient (Wildman–Crippen LogP) is 2.39. The van der Waals surface area contributed by atoms with Gasteiger partial charge in [-0.15, -0.1) is 0 Å². The highest BCUT2D eigenvalue weighted by Gasteiger charge is 2.16. The van der Waals surface area contributed by atoms with Crippen molar-refractivity contribution >= 4 is 11.7 Å². The zero-order chi connectivity index (χ0) is 15.1. The van der Waals surface area contributed by atoms with Crippen LogP contribution in [-0.4, -0.2) is 31.9 Å². The number of benzene rings is 1. The van der Waals surface area contributed by atoms with Crippen LogP contribution in [0.2, 0.25) is 0 Å². The van der Waals surface area contributed by atoms with Crippen molar-refractivity contribution in [2.45, 2.75) is 26.9 Å². The molecule has 2 N–H and O–H groups in total. The molecular formula is C14H20FNO4. The predicted molar refractivity (Wildman–Crippen MR) is 73.4 cm³/mol. The van der Waals surface area contributed by atoms with E-state index in [1.165, 1.54) is 6.07 Å². The summed E-state index contributed by atoms with van der Waals surface area (Å²) in [6, 6.07) is 2.29. The van der Waals surface area contributed by atoms with Crippen LogP contribution in [0.1, 0.15) is 31.1 Å². The Bertz CT molecular complexity index is 463. The summed E-state index contributed by atoms with van der Waals surface area (Å²) in [7, 11) is 0. The van der Waals surface area contributed by atoms with Gasteiger partial charge in [0.2, 0.25) is 0 Å². The Labute approximate surface area is 117 Å². The number of carbonyl (C=O) groups is 1. The van der Waals surface area contributed by atoms with Gasteiger partial charge in [-0.3, -0.25) is 0 Å². The zero-order valence-electron chi connectivity index (χ0n) is 11.9. The van der Waals surface area contributed by atoms with Crippen molar-refractivity contribution in [3.05, 3.63) is 23.5 Å². The molecule has 0 atom stereocenters. The van der Waals surface area contributed by atoms with Crippen LogP contribution in [-0.2, 0) is 9.47 Å². The minimum atomic E-state index is -0.625. The molecule has 0 saturated carbocycles. The van der Waals surface area contributed by atoms with E-state index in [-0.39, 0.29) is 36.3 Å². The Morgan fingerprint density at radius 1 is 1.35 bits per heavy atom. The van der Waals surface area contributed by atoms with E-state index < -0.39 is 11.8 Å². The largest absolute Gasteiger partial charge is 0.488 e. The van der Waals surface area contributed by atoms with E-state index in [2.05, 4.69) is 0 Å². The molecule has 6 heteroatoms. The minimum absolute atomic E-state index is 0.0201. The molecule has 0 radical (unpaired) electrons. The fourth-order valence-corrected chi connectivity index (χ4v) is 1.50. The Kier molecular flexibility index (Phi) is 6.24. The van der Waals surface area contributed by atoms with Gasteiger partial charge in [0.1, 0.15) is 6.61 Å². The summed E-state index contributed by atoms with van der Waals surface area (Å²) in [5, 5.41) is 0. The first kappa shape index (κ1) is 16.2.